The first-order valence-corrected chi connectivity index (χ1v) is 3.41. The molecule has 1 aromatic carbocycles. The lowest BCUT2D eigenvalue weighted by Gasteiger charge is -2.06. The fourth-order valence-electron chi connectivity index (χ4n) is 0.814. The summed E-state index contributed by atoms with van der Waals surface area (Å²) in [6, 6.07) is 1.39. The molecule has 0 aliphatic heterocycles. The molecule has 0 unspecified atom stereocenters. The highest BCUT2D eigenvalue weighted by molar-refractivity contribution is 5.30. The lowest BCUT2D eigenvalue weighted by atomic mass is 10.2. The number of alkyl halides is 2. The number of rotatable bonds is 2. The fraction of sp³-hybridized carbons (Fsp3) is 0.250. The fourth-order valence-corrected chi connectivity index (χ4v) is 0.814. The Kier molecular flexibility index (Phi) is 2.75. The second-order valence-electron chi connectivity index (χ2n) is 2.41. The second kappa shape index (κ2) is 3.64. The number of ether oxygens (including phenoxy) is 1. The van der Waals surface area contributed by atoms with Gasteiger partial charge in [-0.25, -0.2) is 8.78 Å². The van der Waals surface area contributed by atoms with Crippen LogP contribution in [0.4, 0.5) is 17.6 Å². The topological polar surface area (TPSA) is 9.23 Å². The smallest absolute Gasteiger partial charge is 0.387 e. The molecule has 1 nitrogen and oxygen atoms in total. The molecular formula is C8H6F4O. The van der Waals surface area contributed by atoms with E-state index < -0.39 is 24.0 Å². The molecule has 0 spiro atoms. The van der Waals surface area contributed by atoms with Gasteiger partial charge < -0.3 is 4.74 Å². The highest BCUT2D eigenvalue weighted by atomic mass is 19.3. The molecule has 0 aliphatic carbocycles. The summed E-state index contributed by atoms with van der Waals surface area (Å²) in [6.45, 7) is -1.83. The van der Waals surface area contributed by atoms with Crippen LogP contribution in [0.5, 0.6) is 5.75 Å². The Bertz CT molecular complexity index is 311. The molecule has 5 heteroatoms. The number of hydrogen-bond acceptors (Lipinski definition) is 1. The standard InChI is InChI=1S/C8H6F4O/c1-4-2-6(10)7(3-5(4)9)13-8(11)12/h2-3,8H,1H3. The molecule has 72 valence electrons. The molecule has 0 amide bonds. The van der Waals surface area contributed by atoms with Gasteiger partial charge in [-0.2, -0.15) is 8.78 Å². The summed E-state index contributed by atoms with van der Waals surface area (Å²) in [5.74, 6) is -2.56. The van der Waals surface area contributed by atoms with Crippen molar-refractivity contribution in [1.82, 2.24) is 0 Å². The predicted molar refractivity (Wildman–Crippen MR) is 37.7 cm³/mol. The average Bonchev–Trinajstić information content (AvgIpc) is 1.99. The summed E-state index contributed by atoms with van der Waals surface area (Å²) in [4.78, 5) is 0. The third-order valence-electron chi connectivity index (χ3n) is 1.43. The van der Waals surface area contributed by atoms with Crippen LogP contribution in [0.15, 0.2) is 12.1 Å². The first-order chi connectivity index (χ1) is 6.00. The Labute approximate surface area is 71.9 Å². The van der Waals surface area contributed by atoms with Gasteiger partial charge in [-0.1, -0.05) is 0 Å². The summed E-state index contributed by atoms with van der Waals surface area (Å²) in [5.41, 5.74) is 0.0408. The van der Waals surface area contributed by atoms with E-state index in [1.807, 2.05) is 0 Å². The monoisotopic (exact) mass is 194 g/mol. The van der Waals surface area contributed by atoms with Crippen molar-refractivity contribution in [3.63, 3.8) is 0 Å². The highest BCUT2D eigenvalue weighted by Gasteiger charge is 2.12. The van der Waals surface area contributed by atoms with Gasteiger partial charge in [0.2, 0.25) is 0 Å². The second-order valence-corrected chi connectivity index (χ2v) is 2.41. The van der Waals surface area contributed by atoms with Crippen LogP contribution < -0.4 is 4.74 Å². The van der Waals surface area contributed by atoms with Crippen LogP contribution in [0.1, 0.15) is 5.56 Å². The molecule has 0 saturated heterocycles. The van der Waals surface area contributed by atoms with Crippen molar-refractivity contribution in [3.8, 4) is 5.75 Å². The highest BCUT2D eigenvalue weighted by Crippen LogP contribution is 2.22. The normalized spacial score (nSPS) is 10.6. The molecule has 0 radical (unpaired) electrons. The zero-order chi connectivity index (χ0) is 10.0. The Hall–Kier alpha value is -1.26. The molecule has 13 heavy (non-hydrogen) atoms. The van der Waals surface area contributed by atoms with Gasteiger partial charge in [0.1, 0.15) is 5.82 Å². The van der Waals surface area contributed by atoms with Crippen LogP contribution >= 0.6 is 0 Å². The minimum absolute atomic E-state index is 0.0408. The van der Waals surface area contributed by atoms with Gasteiger partial charge >= 0.3 is 6.61 Å². The first-order valence-electron chi connectivity index (χ1n) is 3.41. The van der Waals surface area contributed by atoms with Gasteiger partial charge in [-0.3, -0.25) is 0 Å². The molecule has 0 heterocycles. The summed E-state index contributed by atoms with van der Waals surface area (Å²) in [7, 11) is 0. The average molecular weight is 194 g/mol. The maximum atomic E-state index is 12.8. The maximum absolute atomic E-state index is 12.8. The zero-order valence-corrected chi connectivity index (χ0v) is 6.65. The number of hydrogen-bond donors (Lipinski definition) is 0. The number of halogens is 4. The Morgan fingerprint density at radius 2 is 1.77 bits per heavy atom. The molecule has 0 bridgehead atoms. The van der Waals surface area contributed by atoms with Gasteiger partial charge in [0.15, 0.2) is 11.6 Å². The van der Waals surface area contributed by atoms with Crippen molar-refractivity contribution in [2.45, 2.75) is 13.5 Å². The van der Waals surface area contributed by atoms with Crippen molar-refractivity contribution >= 4 is 0 Å². The van der Waals surface area contributed by atoms with Gasteiger partial charge in [0.25, 0.3) is 0 Å². The largest absolute Gasteiger partial charge is 0.432 e. The van der Waals surface area contributed by atoms with E-state index >= 15 is 0 Å². The predicted octanol–water partition coefficient (Wildman–Crippen LogP) is 2.87. The van der Waals surface area contributed by atoms with Gasteiger partial charge in [-0.05, 0) is 18.6 Å². The van der Waals surface area contributed by atoms with Crippen molar-refractivity contribution in [1.29, 1.82) is 0 Å². The third-order valence-corrected chi connectivity index (χ3v) is 1.43. The molecule has 0 N–H and O–H groups in total. The van der Waals surface area contributed by atoms with Gasteiger partial charge in [-0.15, -0.1) is 0 Å². The van der Waals surface area contributed by atoms with Crippen LogP contribution in [-0.2, 0) is 0 Å². The van der Waals surface area contributed by atoms with Crippen LogP contribution in [0.2, 0.25) is 0 Å². The molecular weight excluding hydrogens is 188 g/mol. The van der Waals surface area contributed by atoms with E-state index in [4.69, 9.17) is 0 Å². The molecule has 0 aliphatic rings. The summed E-state index contributed by atoms with van der Waals surface area (Å²) in [6.07, 6.45) is 0. The molecule has 0 atom stereocenters. The van der Waals surface area contributed by atoms with Gasteiger partial charge in [0, 0.05) is 6.07 Å². The molecule has 0 aromatic heterocycles. The molecule has 1 rings (SSSR count). The number of aryl methyl sites for hydroxylation is 1. The van der Waals surface area contributed by atoms with Crippen molar-refractivity contribution in [2.75, 3.05) is 0 Å². The van der Waals surface area contributed by atoms with Crippen LogP contribution in [0, 0.1) is 18.6 Å². The van der Waals surface area contributed by atoms with Crippen molar-refractivity contribution in [2.24, 2.45) is 0 Å². The van der Waals surface area contributed by atoms with E-state index in [2.05, 4.69) is 4.74 Å². The van der Waals surface area contributed by atoms with Crippen molar-refractivity contribution < 1.29 is 22.3 Å². The van der Waals surface area contributed by atoms with Crippen LogP contribution in [-0.4, -0.2) is 6.61 Å². The molecule has 0 fully saturated rings. The lowest BCUT2D eigenvalue weighted by molar-refractivity contribution is -0.0523. The quantitative estimate of drug-likeness (QED) is 0.657. The first kappa shape index (κ1) is 9.83. The summed E-state index contributed by atoms with van der Waals surface area (Å²) in [5, 5.41) is 0. The Balaban J connectivity index is 3.01. The van der Waals surface area contributed by atoms with Crippen LogP contribution in [0.25, 0.3) is 0 Å². The maximum Gasteiger partial charge on any atom is 0.387 e. The van der Waals surface area contributed by atoms with Crippen molar-refractivity contribution in [3.05, 3.63) is 29.3 Å². The van der Waals surface area contributed by atoms with E-state index in [1.54, 1.807) is 0 Å². The van der Waals surface area contributed by atoms with E-state index in [9.17, 15) is 17.6 Å². The van der Waals surface area contributed by atoms with E-state index in [1.165, 1.54) is 6.92 Å². The van der Waals surface area contributed by atoms with Crippen LogP contribution in [0.3, 0.4) is 0 Å². The minimum atomic E-state index is -3.16. The third kappa shape index (κ3) is 2.34. The van der Waals surface area contributed by atoms with E-state index in [0.29, 0.717) is 6.07 Å². The summed E-state index contributed by atoms with van der Waals surface area (Å²) < 4.78 is 52.5. The minimum Gasteiger partial charge on any atom is -0.432 e. The van der Waals surface area contributed by atoms with Gasteiger partial charge in [0.05, 0.1) is 0 Å². The lowest BCUT2D eigenvalue weighted by Crippen LogP contribution is -2.04. The molecule has 0 saturated carbocycles. The SMILES string of the molecule is Cc1cc(F)c(OC(F)F)cc1F. The van der Waals surface area contributed by atoms with E-state index in [0.717, 1.165) is 6.07 Å². The zero-order valence-electron chi connectivity index (χ0n) is 6.65. The van der Waals surface area contributed by atoms with E-state index in [-0.39, 0.29) is 5.56 Å². The molecule has 1 aromatic rings. The Morgan fingerprint density at radius 1 is 1.15 bits per heavy atom. The summed E-state index contributed by atoms with van der Waals surface area (Å²) >= 11 is 0. The number of benzene rings is 1. The Morgan fingerprint density at radius 3 is 2.31 bits per heavy atom.